The number of aromatic amines is 4. The predicted molar refractivity (Wildman–Crippen MR) is 203 cm³/mol. The minimum Gasteiger partial charge on any atom is -0.376 e. The highest BCUT2D eigenvalue weighted by molar-refractivity contribution is 5.85. The van der Waals surface area contributed by atoms with Crippen molar-refractivity contribution < 1.29 is 0 Å². The van der Waals surface area contributed by atoms with Gasteiger partial charge < -0.3 is 29.7 Å². The predicted octanol–water partition coefficient (Wildman–Crippen LogP) is 4.98. The van der Waals surface area contributed by atoms with E-state index in [0.29, 0.717) is 0 Å². The molecular formula is C44H38N6. The van der Waals surface area contributed by atoms with E-state index in [-0.39, 0.29) is 0 Å². The maximum absolute atomic E-state index is 3.87. The van der Waals surface area contributed by atoms with Gasteiger partial charge in [-0.25, -0.2) is 0 Å². The van der Waals surface area contributed by atoms with Gasteiger partial charge in [0.05, 0.1) is 0 Å². The first kappa shape index (κ1) is 29.7. The third-order valence-corrected chi connectivity index (χ3v) is 9.70. The summed E-state index contributed by atoms with van der Waals surface area (Å²) in [4.78, 5) is 19.9. The lowest BCUT2D eigenvalue weighted by atomic mass is 10.0. The normalized spacial score (nSPS) is 15.9. The average molecular weight is 651 g/mol. The number of nitrogens with one attached hydrogen (secondary N) is 4. The van der Waals surface area contributed by atoms with Gasteiger partial charge in [0.25, 0.3) is 0 Å². The van der Waals surface area contributed by atoms with Crippen LogP contribution in [0.25, 0.3) is 22.3 Å². The lowest BCUT2D eigenvalue weighted by Gasteiger charge is -2.19. The molecule has 6 nitrogen and oxygen atoms in total. The smallest absolute Gasteiger partial charge is 0.0486 e. The molecule has 7 heterocycles. The minimum absolute atomic E-state index is 0.882. The Bertz CT molecular complexity index is 2430. The van der Waals surface area contributed by atoms with Crippen LogP contribution < -0.4 is 21.4 Å². The average Bonchev–Trinajstić information content (AvgIpc) is 3.97. The maximum atomic E-state index is 3.87. The number of aromatic nitrogens is 4. The summed E-state index contributed by atoms with van der Waals surface area (Å²) in [5, 5.41) is 4.18. The van der Waals surface area contributed by atoms with Crippen LogP contribution in [0.3, 0.4) is 0 Å². The molecule has 3 aliphatic rings. The summed E-state index contributed by atoms with van der Waals surface area (Å²) in [7, 11) is 4.24. The molecule has 50 heavy (non-hydrogen) atoms. The monoisotopic (exact) mass is 650 g/mol. The number of hydrogen-bond donors (Lipinski definition) is 4. The van der Waals surface area contributed by atoms with Gasteiger partial charge in [-0.3, -0.25) is 0 Å². The second kappa shape index (κ2) is 12.2. The molecule has 4 N–H and O–H groups in total. The van der Waals surface area contributed by atoms with Crippen LogP contribution in [0.4, 0.5) is 0 Å². The van der Waals surface area contributed by atoms with E-state index in [2.05, 4.69) is 190 Å². The number of allylic oxidation sites excluding steroid dienone is 4. The van der Waals surface area contributed by atoms with Crippen LogP contribution in [0.2, 0.25) is 0 Å². The SMILES string of the molecule is CN1C=C(C2=c3ccc([nH]3)=C(c3ccccc3)c3ccc([nH]3)C(C3=CN(C)CC=C3)=c3ccc([nH]3)=C(c3ccccc3)c3ccc2[nH]3)C=CC1. The van der Waals surface area contributed by atoms with Crippen molar-refractivity contribution in [2.75, 3.05) is 27.2 Å². The molecule has 0 saturated carbocycles. The van der Waals surface area contributed by atoms with Crippen molar-refractivity contribution in [1.29, 1.82) is 0 Å². The summed E-state index contributed by atoms with van der Waals surface area (Å²) in [5.41, 5.74) is 13.2. The van der Waals surface area contributed by atoms with Gasteiger partial charge in [-0.1, -0.05) is 85.0 Å². The number of fused-ring (bicyclic) bond motifs is 8. The zero-order chi connectivity index (χ0) is 33.6. The van der Waals surface area contributed by atoms with E-state index in [9.17, 15) is 0 Å². The highest BCUT2D eigenvalue weighted by Crippen LogP contribution is 2.29. The number of benzene rings is 2. The number of H-pyrrole nitrogens is 4. The molecule has 0 atom stereocenters. The molecule has 0 saturated heterocycles. The molecule has 3 aliphatic heterocycles. The standard InChI is InChI=1S/C44H38N6/c1-49-25-9-15-31(27-49)43-37-21-17-33(45-37)41(29-11-5-3-6-12-29)35-19-23-39(47-35)44(32-16-10-26-50(2)28-32)40-24-20-36(48-40)42(30-13-7-4-8-14-30)34-18-22-38(43)46-34/h3-24,27-28,45-48H,25-26H2,1-2H3. The van der Waals surface area contributed by atoms with E-state index in [0.717, 1.165) is 102 Å². The van der Waals surface area contributed by atoms with Gasteiger partial charge in [0, 0.05) is 117 Å². The molecule has 6 heteroatoms. The Morgan fingerprint density at radius 3 is 1.14 bits per heavy atom. The summed E-state index contributed by atoms with van der Waals surface area (Å²) < 4.78 is 0. The van der Waals surface area contributed by atoms with Crippen LogP contribution in [-0.4, -0.2) is 56.9 Å². The van der Waals surface area contributed by atoms with E-state index in [4.69, 9.17) is 0 Å². The van der Waals surface area contributed by atoms with Crippen molar-refractivity contribution in [2.24, 2.45) is 0 Å². The van der Waals surface area contributed by atoms with Crippen LogP contribution >= 0.6 is 0 Å². The van der Waals surface area contributed by atoms with Gasteiger partial charge in [-0.05, 0) is 59.7 Å². The zero-order valence-electron chi connectivity index (χ0n) is 28.2. The van der Waals surface area contributed by atoms with Gasteiger partial charge in [-0.15, -0.1) is 0 Å². The van der Waals surface area contributed by atoms with Gasteiger partial charge in [0.15, 0.2) is 0 Å². The van der Waals surface area contributed by atoms with Gasteiger partial charge in [-0.2, -0.15) is 0 Å². The van der Waals surface area contributed by atoms with Crippen molar-refractivity contribution in [3.05, 3.63) is 212 Å². The van der Waals surface area contributed by atoms with Crippen molar-refractivity contribution in [3.63, 3.8) is 0 Å². The lowest BCUT2D eigenvalue weighted by Crippen LogP contribution is -2.21. The molecule has 4 aromatic heterocycles. The summed E-state index contributed by atoms with van der Waals surface area (Å²) in [6.45, 7) is 1.76. The third kappa shape index (κ3) is 5.31. The molecule has 0 unspecified atom stereocenters. The Labute approximate surface area is 290 Å². The molecule has 0 aliphatic carbocycles. The third-order valence-electron chi connectivity index (χ3n) is 9.70. The highest BCUT2D eigenvalue weighted by Gasteiger charge is 2.20. The number of nitrogens with zero attached hydrogens (tertiary/aromatic N) is 2. The van der Waals surface area contributed by atoms with Crippen LogP contribution in [0.1, 0.15) is 33.9 Å². The summed E-state index contributed by atoms with van der Waals surface area (Å²) in [5.74, 6) is 0. The van der Waals surface area contributed by atoms with Crippen LogP contribution in [0, 0.1) is 0 Å². The fourth-order valence-corrected chi connectivity index (χ4v) is 7.43. The largest absolute Gasteiger partial charge is 0.376 e. The molecule has 0 fully saturated rings. The Balaban J connectivity index is 1.42. The van der Waals surface area contributed by atoms with E-state index < -0.39 is 0 Å². The summed E-state index contributed by atoms with van der Waals surface area (Å²) >= 11 is 0. The molecule has 0 radical (unpaired) electrons. The van der Waals surface area contributed by atoms with Crippen LogP contribution in [-0.2, 0) is 0 Å². The summed E-state index contributed by atoms with van der Waals surface area (Å²) in [6.07, 6.45) is 13.4. The van der Waals surface area contributed by atoms with Gasteiger partial charge >= 0.3 is 0 Å². The van der Waals surface area contributed by atoms with Gasteiger partial charge in [0.1, 0.15) is 0 Å². The van der Waals surface area contributed by atoms with E-state index in [1.54, 1.807) is 0 Å². The highest BCUT2D eigenvalue weighted by atomic mass is 15.1. The first-order valence-corrected chi connectivity index (χ1v) is 17.1. The fourth-order valence-electron chi connectivity index (χ4n) is 7.43. The van der Waals surface area contributed by atoms with E-state index in [1.807, 2.05) is 0 Å². The van der Waals surface area contributed by atoms with Crippen molar-refractivity contribution >= 4 is 22.3 Å². The zero-order valence-corrected chi connectivity index (χ0v) is 28.2. The molecule has 2 aromatic carbocycles. The summed E-state index contributed by atoms with van der Waals surface area (Å²) in [6, 6.07) is 39.0. The van der Waals surface area contributed by atoms with Crippen LogP contribution in [0.5, 0.6) is 0 Å². The van der Waals surface area contributed by atoms with Crippen molar-refractivity contribution in [3.8, 4) is 0 Å². The van der Waals surface area contributed by atoms with Crippen LogP contribution in [0.15, 0.2) is 157 Å². The van der Waals surface area contributed by atoms with E-state index in [1.165, 1.54) is 0 Å². The Morgan fingerprint density at radius 2 is 0.760 bits per heavy atom. The molecule has 0 amide bonds. The topological polar surface area (TPSA) is 69.6 Å². The molecule has 244 valence electrons. The van der Waals surface area contributed by atoms with Gasteiger partial charge in [0.2, 0.25) is 0 Å². The van der Waals surface area contributed by atoms with Crippen molar-refractivity contribution in [2.45, 2.75) is 0 Å². The first-order valence-electron chi connectivity index (χ1n) is 17.1. The molecule has 6 aromatic rings. The maximum Gasteiger partial charge on any atom is 0.0486 e. The second-order valence-corrected chi connectivity index (χ2v) is 13.2. The molecular weight excluding hydrogens is 613 g/mol. The minimum atomic E-state index is 0.882. The Kier molecular flexibility index (Phi) is 7.28. The lowest BCUT2D eigenvalue weighted by molar-refractivity contribution is 0.502. The molecule has 9 rings (SSSR count). The Hall–Kier alpha value is -6.40. The Morgan fingerprint density at radius 1 is 0.400 bits per heavy atom. The first-order chi connectivity index (χ1) is 24.6. The molecule has 8 bridgehead atoms. The number of hydrogen-bond acceptors (Lipinski definition) is 2. The molecule has 0 spiro atoms. The number of likely N-dealkylation sites (N-methyl/N-ethyl adjacent to an activating group) is 2. The number of rotatable bonds is 4. The van der Waals surface area contributed by atoms with Crippen molar-refractivity contribution in [1.82, 2.24) is 29.7 Å². The van der Waals surface area contributed by atoms with E-state index >= 15 is 0 Å². The quantitative estimate of drug-likeness (QED) is 0.218. The fraction of sp³-hybridized carbons (Fsp3) is 0.0909. The second-order valence-electron chi connectivity index (χ2n) is 13.2.